The van der Waals surface area contributed by atoms with Crippen molar-refractivity contribution in [2.45, 2.75) is 31.1 Å². The van der Waals surface area contributed by atoms with Gasteiger partial charge in [-0.3, -0.25) is 23.1 Å². The van der Waals surface area contributed by atoms with Crippen LogP contribution in [0.15, 0.2) is 23.2 Å². The van der Waals surface area contributed by atoms with E-state index in [2.05, 4.69) is 33.4 Å². The van der Waals surface area contributed by atoms with Crippen LogP contribution >= 0.6 is 47.0 Å². The number of carbonyl (C=O) groups excluding carboxylic acids is 1. The number of nitrogens with two attached hydrogens (primary N) is 1. The standard InChI is InChI=1S/C17H23N6O14P3S2/c18-17-21-14-11(15(41)22-17)20-7-23(14)16-13(33-5-10(24)19-3-8-1-2-42-6-8)12(25)9(35-16)4-34-39(29,30)37-40(31,32)36-38(26,27)28/h1-2,6-7,9,12-13,16,25H,3-5H2,(H,19,24)(H,29,30)(H,31,32)(H2,26,27,28)(H3,18,21,22,41)/p-3/t9-,12?,13+,16-/m1/s1. The maximum Gasteiger partial charge on any atom is 0.280 e. The van der Waals surface area contributed by atoms with E-state index in [0.29, 0.717) is 0 Å². The summed E-state index contributed by atoms with van der Waals surface area (Å²) in [6, 6.07) is 1.80. The lowest BCUT2D eigenvalue weighted by molar-refractivity contribution is -0.250. The van der Waals surface area contributed by atoms with Crippen LogP contribution in [0.2, 0.25) is 0 Å². The number of nitrogen functional groups attached to an aromatic ring is 1. The number of carbonyl (C=O) groups is 1. The number of anilines is 1. The van der Waals surface area contributed by atoms with Crippen molar-refractivity contribution in [3.63, 3.8) is 0 Å². The van der Waals surface area contributed by atoms with Crippen molar-refractivity contribution in [1.29, 1.82) is 0 Å². The van der Waals surface area contributed by atoms with Crippen LogP contribution in [0.4, 0.5) is 5.95 Å². The molecule has 20 nitrogen and oxygen atoms in total. The van der Waals surface area contributed by atoms with Gasteiger partial charge in [0.15, 0.2) is 16.8 Å². The van der Waals surface area contributed by atoms with Gasteiger partial charge >= 0.3 is 0 Å². The van der Waals surface area contributed by atoms with Gasteiger partial charge in [0, 0.05) is 6.54 Å². The number of aliphatic hydroxyl groups is 1. The second-order valence-electron chi connectivity index (χ2n) is 8.34. The number of phosphoric ester groups is 1. The number of thiophene rings is 1. The zero-order valence-electron chi connectivity index (χ0n) is 20.6. The van der Waals surface area contributed by atoms with Gasteiger partial charge in [-0.05, 0) is 22.4 Å². The zero-order valence-corrected chi connectivity index (χ0v) is 24.9. The molecular weight excluding hydrogens is 669 g/mol. The SMILES string of the molecule is Nc1nc(=S)c2ncn([C@@H]3O[C@H](COP(=O)([O-])OP(=O)([O-])OP(=O)([O-])O)C(O)[C@@H]3OCC(=O)NCc3ccsc3)c2[nH]1. The Balaban J connectivity index is 1.51. The predicted molar refractivity (Wildman–Crippen MR) is 136 cm³/mol. The van der Waals surface area contributed by atoms with Gasteiger partial charge in [-0.25, -0.2) is 18.6 Å². The van der Waals surface area contributed by atoms with E-state index in [1.165, 1.54) is 22.2 Å². The smallest absolute Gasteiger partial charge is 0.280 e. The van der Waals surface area contributed by atoms with Crippen molar-refractivity contribution in [2.75, 3.05) is 18.9 Å². The Hall–Kier alpha value is -1.97. The molecule has 0 aromatic carbocycles. The molecule has 7 atom stereocenters. The molecule has 4 rings (SSSR count). The number of amides is 1. The third kappa shape index (κ3) is 8.56. The lowest BCUT2D eigenvalue weighted by atomic mass is 10.1. The first-order valence-corrected chi connectivity index (χ1v) is 17.0. The Labute approximate surface area is 243 Å². The van der Waals surface area contributed by atoms with Crippen molar-refractivity contribution < 1.29 is 65.8 Å². The van der Waals surface area contributed by atoms with Crippen LogP contribution in [-0.4, -0.2) is 67.0 Å². The number of hydrogen-bond acceptors (Lipinski definition) is 18. The van der Waals surface area contributed by atoms with E-state index in [9.17, 15) is 38.3 Å². The number of nitrogens with zero attached hydrogens (tertiary/aromatic N) is 3. The Bertz CT molecular complexity index is 1630. The highest BCUT2D eigenvalue weighted by Crippen LogP contribution is 2.61. The summed E-state index contributed by atoms with van der Waals surface area (Å²) in [5, 5.41) is 17.2. The molecule has 0 bridgehead atoms. The second kappa shape index (κ2) is 12.9. The van der Waals surface area contributed by atoms with Crippen LogP contribution in [0.3, 0.4) is 0 Å². The van der Waals surface area contributed by atoms with Crippen molar-refractivity contribution in [2.24, 2.45) is 0 Å². The molecule has 232 valence electrons. The van der Waals surface area contributed by atoms with Gasteiger partial charge in [0.25, 0.3) is 23.5 Å². The number of aromatic amines is 1. The summed E-state index contributed by atoms with van der Waals surface area (Å²) in [5.41, 5.74) is 6.91. The normalized spacial score (nSPS) is 25.1. The van der Waals surface area contributed by atoms with Crippen LogP contribution in [-0.2, 0) is 47.7 Å². The van der Waals surface area contributed by atoms with E-state index in [1.54, 1.807) is 6.07 Å². The Morgan fingerprint density at radius 2 is 2.02 bits per heavy atom. The number of ether oxygens (including phenoxy) is 2. The number of rotatable bonds is 13. The van der Waals surface area contributed by atoms with Crippen molar-refractivity contribution in [1.82, 2.24) is 24.8 Å². The minimum absolute atomic E-state index is 0.0166. The van der Waals surface area contributed by atoms with Crippen LogP contribution in [0.1, 0.15) is 11.8 Å². The predicted octanol–water partition coefficient (Wildman–Crippen LogP) is -1.46. The molecule has 3 aromatic rings. The van der Waals surface area contributed by atoms with Crippen LogP contribution in [0.5, 0.6) is 0 Å². The fourth-order valence-corrected chi connectivity index (χ4v) is 7.49. The number of fused-ring (bicyclic) bond motifs is 1. The molecule has 0 aliphatic carbocycles. The molecule has 4 heterocycles. The van der Waals surface area contributed by atoms with E-state index >= 15 is 0 Å². The molecule has 1 aliphatic heterocycles. The minimum atomic E-state index is -6.15. The van der Waals surface area contributed by atoms with Crippen molar-refractivity contribution >= 4 is 70.0 Å². The zero-order chi connectivity index (χ0) is 30.9. The second-order valence-corrected chi connectivity index (χ2v) is 13.8. The highest BCUT2D eigenvalue weighted by atomic mass is 32.1. The number of aliphatic hydroxyl groups excluding tert-OH is 1. The third-order valence-electron chi connectivity index (χ3n) is 5.33. The number of imidazole rings is 1. The molecule has 0 saturated carbocycles. The monoisotopic (exact) mass is 689 g/mol. The van der Waals surface area contributed by atoms with E-state index in [4.69, 9.17) is 32.3 Å². The quantitative estimate of drug-likeness (QED) is 0.101. The molecule has 0 radical (unpaired) electrons. The van der Waals surface area contributed by atoms with Gasteiger partial charge in [0.1, 0.15) is 36.1 Å². The summed E-state index contributed by atoms with van der Waals surface area (Å²) in [6.07, 6.45) is -4.78. The lowest BCUT2D eigenvalue weighted by Gasteiger charge is -2.33. The molecule has 3 aromatic heterocycles. The first kappa shape index (κ1) is 32.9. The number of hydrogen-bond donors (Lipinski definition) is 5. The van der Waals surface area contributed by atoms with Crippen molar-refractivity contribution in [3.05, 3.63) is 33.4 Å². The average Bonchev–Trinajstić information content (AvgIpc) is 3.57. The van der Waals surface area contributed by atoms with Crippen molar-refractivity contribution in [3.8, 4) is 0 Å². The first-order valence-electron chi connectivity index (χ1n) is 11.2. The van der Waals surface area contributed by atoms with Gasteiger partial charge in [-0.15, -0.1) is 0 Å². The number of aromatic nitrogens is 4. The highest BCUT2D eigenvalue weighted by molar-refractivity contribution is 7.71. The average molecular weight is 689 g/mol. The topological polar surface area (TPSA) is 309 Å². The van der Waals surface area contributed by atoms with Crippen LogP contribution in [0.25, 0.3) is 11.2 Å². The van der Waals surface area contributed by atoms with Crippen LogP contribution < -0.4 is 25.7 Å². The summed E-state index contributed by atoms with van der Waals surface area (Å²) in [5.74, 6) is -0.671. The molecule has 6 N–H and O–H groups in total. The molecule has 4 unspecified atom stereocenters. The summed E-state index contributed by atoms with van der Waals surface area (Å²) in [6.45, 7) is -1.47. The Kier molecular flexibility index (Phi) is 10.2. The van der Waals surface area contributed by atoms with Gasteiger partial charge in [0.2, 0.25) is 5.91 Å². The first-order chi connectivity index (χ1) is 19.5. The maximum atomic E-state index is 12.4. The van der Waals surface area contributed by atoms with E-state index in [1.807, 2.05) is 10.8 Å². The molecule has 1 fully saturated rings. The summed E-state index contributed by atoms with van der Waals surface area (Å²) >= 11 is 6.57. The number of nitrogens with one attached hydrogen (secondary N) is 2. The maximum absolute atomic E-state index is 12.4. The fourth-order valence-electron chi connectivity index (χ4n) is 3.67. The molecule has 42 heavy (non-hydrogen) atoms. The molecule has 1 saturated heterocycles. The lowest BCUT2D eigenvalue weighted by Crippen LogP contribution is -2.38. The Morgan fingerprint density at radius 1 is 1.29 bits per heavy atom. The highest BCUT2D eigenvalue weighted by Gasteiger charge is 2.47. The third-order valence-corrected chi connectivity index (χ3v) is 10.0. The van der Waals surface area contributed by atoms with E-state index < -0.39 is 67.1 Å². The van der Waals surface area contributed by atoms with Gasteiger partial charge < -0.3 is 54.7 Å². The molecule has 25 heteroatoms. The number of H-pyrrole nitrogens is 1. The van der Waals surface area contributed by atoms with Crippen LogP contribution in [0, 0.1) is 4.64 Å². The summed E-state index contributed by atoms with van der Waals surface area (Å²) < 4.78 is 58.0. The molecule has 1 aliphatic rings. The van der Waals surface area contributed by atoms with Gasteiger partial charge in [0.05, 0.1) is 12.9 Å². The van der Waals surface area contributed by atoms with Gasteiger partial charge in [-0.1, -0.05) is 12.2 Å². The molecule has 0 spiro atoms. The minimum Gasteiger partial charge on any atom is -0.756 e. The summed E-state index contributed by atoms with van der Waals surface area (Å²) in [4.78, 5) is 65.7. The molecule has 1 amide bonds. The Morgan fingerprint density at radius 3 is 2.69 bits per heavy atom. The van der Waals surface area contributed by atoms with E-state index in [0.717, 1.165) is 5.56 Å². The molecular formula is C17H20N6O14P3S2-3. The van der Waals surface area contributed by atoms with Gasteiger partial charge in [-0.2, -0.15) is 11.3 Å². The summed E-state index contributed by atoms with van der Waals surface area (Å²) in [7, 11) is -18.0. The fraction of sp³-hybridized carbons (Fsp3) is 0.412. The largest absolute Gasteiger partial charge is 0.756 e. The van der Waals surface area contributed by atoms with E-state index in [-0.39, 0.29) is 28.3 Å². The number of phosphoric acid groups is 3.